The average Bonchev–Trinajstić information content (AvgIpc) is 3.21. The third kappa shape index (κ3) is 9.17. The third-order valence-electron chi connectivity index (χ3n) is 6.93. The number of aromatic nitrogens is 3. The minimum atomic E-state index is -0.684. The number of nitrogens with zero attached hydrogens (tertiary/aromatic N) is 3. The number of esters is 1. The van der Waals surface area contributed by atoms with Crippen LogP contribution < -0.4 is 5.32 Å². The van der Waals surface area contributed by atoms with Crippen LogP contribution in [0, 0.1) is 18.3 Å². The van der Waals surface area contributed by atoms with Gasteiger partial charge in [0.15, 0.2) is 0 Å². The molecule has 2 heterocycles. The van der Waals surface area contributed by atoms with Gasteiger partial charge >= 0.3 is 5.97 Å². The number of aryl methyl sites for hydroxylation is 2. The lowest BCUT2D eigenvalue weighted by Gasteiger charge is -2.28. The van der Waals surface area contributed by atoms with Gasteiger partial charge in [-0.2, -0.15) is 0 Å². The molecule has 212 valence electrons. The fraction of sp³-hybridized carbons (Fsp3) is 0.548. The fourth-order valence-corrected chi connectivity index (χ4v) is 4.57. The van der Waals surface area contributed by atoms with Crippen molar-refractivity contribution >= 4 is 22.9 Å². The molecule has 8 heteroatoms. The van der Waals surface area contributed by atoms with Crippen LogP contribution in [0.3, 0.4) is 0 Å². The zero-order valence-electron chi connectivity index (χ0n) is 24.3. The fourth-order valence-electron chi connectivity index (χ4n) is 4.57. The van der Waals surface area contributed by atoms with E-state index >= 15 is 0 Å². The van der Waals surface area contributed by atoms with Crippen molar-refractivity contribution in [3.8, 4) is 0 Å². The van der Waals surface area contributed by atoms with E-state index in [-0.39, 0.29) is 17.9 Å². The van der Waals surface area contributed by atoms with Crippen LogP contribution in [0.2, 0.25) is 0 Å². The van der Waals surface area contributed by atoms with Crippen molar-refractivity contribution in [1.29, 1.82) is 0 Å². The lowest BCUT2D eigenvalue weighted by atomic mass is 9.86. The molecule has 1 amide bonds. The molecule has 1 aromatic carbocycles. The molecular weight excluding hydrogens is 492 g/mol. The van der Waals surface area contributed by atoms with E-state index in [1.54, 1.807) is 12.4 Å². The molecule has 3 aromatic rings. The molecule has 0 aliphatic heterocycles. The quantitative estimate of drug-likeness (QED) is 0.200. The number of ether oxygens (including phenoxy) is 2. The Labute approximate surface area is 232 Å². The zero-order chi connectivity index (χ0) is 28.4. The number of hydrogen-bond acceptors (Lipinski definition) is 6. The Morgan fingerprint density at radius 2 is 1.85 bits per heavy atom. The number of imidazole rings is 1. The number of amides is 1. The molecule has 0 saturated heterocycles. The highest BCUT2D eigenvalue weighted by Gasteiger charge is 2.32. The van der Waals surface area contributed by atoms with Gasteiger partial charge in [0, 0.05) is 24.6 Å². The third-order valence-corrected chi connectivity index (χ3v) is 6.93. The van der Waals surface area contributed by atoms with Crippen molar-refractivity contribution in [3.05, 3.63) is 60.2 Å². The number of benzene rings is 1. The zero-order valence-corrected chi connectivity index (χ0v) is 24.3. The van der Waals surface area contributed by atoms with Crippen molar-refractivity contribution in [2.75, 3.05) is 6.61 Å². The summed E-state index contributed by atoms with van der Waals surface area (Å²) in [5, 5.41) is 3.00. The highest BCUT2D eigenvalue weighted by atomic mass is 16.5. The maximum atomic E-state index is 13.3. The second-order valence-corrected chi connectivity index (χ2v) is 11.4. The van der Waals surface area contributed by atoms with Gasteiger partial charge in [0.25, 0.3) is 0 Å². The Balaban J connectivity index is 1.49. The average molecular weight is 537 g/mol. The van der Waals surface area contributed by atoms with Gasteiger partial charge in [-0.25, -0.2) is 9.78 Å². The summed E-state index contributed by atoms with van der Waals surface area (Å²) < 4.78 is 13.6. The van der Waals surface area contributed by atoms with Crippen LogP contribution in [0.15, 0.2) is 48.8 Å². The molecule has 0 aliphatic rings. The monoisotopic (exact) mass is 536 g/mol. The summed E-state index contributed by atoms with van der Waals surface area (Å²) in [4.78, 5) is 35.1. The van der Waals surface area contributed by atoms with E-state index < -0.39 is 17.4 Å². The molecule has 1 N–H and O–H groups in total. The van der Waals surface area contributed by atoms with Gasteiger partial charge in [-0.3, -0.25) is 9.78 Å². The Morgan fingerprint density at radius 1 is 1.10 bits per heavy atom. The number of rotatable bonds is 15. The van der Waals surface area contributed by atoms with Crippen LogP contribution in [0.5, 0.6) is 0 Å². The highest BCUT2D eigenvalue weighted by molar-refractivity contribution is 5.87. The maximum Gasteiger partial charge on any atom is 0.328 e. The molecule has 0 radical (unpaired) electrons. The molecule has 8 nitrogen and oxygen atoms in total. The van der Waals surface area contributed by atoms with Gasteiger partial charge in [0.2, 0.25) is 5.91 Å². The number of carbonyl (C=O) groups excluding carboxylic acids is 2. The second kappa shape index (κ2) is 14.2. The van der Waals surface area contributed by atoms with Crippen LogP contribution in [0.4, 0.5) is 0 Å². The molecule has 0 spiro atoms. The number of hydrogen-bond donors (Lipinski definition) is 1. The summed E-state index contributed by atoms with van der Waals surface area (Å²) in [6.45, 7) is 13.5. The van der Waals surface area contributed by atoms with E-state index in [1.165, 1.54) is 0 Å². The number of carbonyl (C=O) groups is 2. The first kappa shape index (κ1) is 30.3. The van der Waals surface area contributed by atoms with Crippen LogP contribution in [-0.2, 0) is 32.2 Å². The number of pyridine rings is 1. The molecule has 0 bridgehead atoms. The summed E-state index contributed by atoms with van der Waals surface area (Å²) in [5.74, 6) is 0.625. The van der Waals surface area contributed by atoms with Gasteiger partial charge in [-0.15, -0.1) is 0 Å². The maximum absolute atomic E-state index is 13.3. The molecule has 0 fully saturated rings. The minimum Gasteiger partial charge on any atom is -0.461 e. The van der Waals surface area contributed by atoms with E-state index in [9.17, 15) is 9.59 Å². The van der Waals surface area contributed by atoms with Crippen LogP contribution in [0.25, 0.3) is 11.0 Å². The SMILES string of the molecule is Cc1nc2cnccc2n1CCCC(C)(C)C(=O)N[C@@H](CC(C)C)C(=O)OC(C)CCOCc1ccccc1. The predicted molar refractivity (Wildman–Crippen MR) is 153 cm³/mol. The second-order valence-electron chi connectivity index (χ2n) is 11.4. The largest absolute Gasteiger partial charge is 0.461 e. The van der Waals surface area contributed by atoms with Gasteiger partial charge in [-0.05, 0) is 50.7 Å². The van der Waals surface area contributed by atoms with E-state index in [4.69, 9.17) is 9.47 Å². The molecule has 2 aromatic heterocycles. The minimum absolute atomic E-state index is 0.139. The predicted octanol–water partition coefficient (Wildman–Crippen LogP) is 5.62. The highest BCUT2D eigenvalue weighted by Crippen LogP contribution is 2.25. The Hall–Kier alpha value is -3.26. The molecule has 0 saturated carbocycles. The summed E-state index contributed by atoms with van der Waals surface area (Å²) in [6.07, 6.45) is 5.80. The Kier molecular flexibility index (Phi) is 11.0. The Morgan fingerprint density at radius 3 is 2.56 bits per heavy atom. The van der Waals surface area contributed by atoms with E-state index in [0.717, 1.165) is 35.4 Å². The molecule has 39 heavy (non-hydrogen) atoms. The lowest BCUT2D eigenvalue weighted by Crippen LogP contribution is -2.48. The standard InChI is InChI=1S/C31H44N4O4/c1-22(2)19-26(29(36)39-23(3)14-18-38-21-25-11-8-7-9-12-25)34-30(37)31(5,6)15-10-17-35-24(4)33-27-20-32-16-13-28(27)35/h7-9,11-13,16,20,22-23,26H,10,14-15,17-19,21H2,1-6H3,(H,34,37)/t23?,26-/m0/s1. The Bertz CT molecular complexity index is 1210. The van der Waals surface area contributed by atoms with Crippen molar-refractivity contribution in [1.82, 2.24) is 19.9 Å². The molecule has 2 atom stereocenters. The van der Waals surface area contributed by atoms with E-state index in [2.05, 4.69) is 19.9 Å². The van der Waals surface area contributed by atoms with Crippen molar-refractivity contribution < 1.29 is 19.1 Å². The number of fused-ring (bicyclic) bond motifs is 1. The topological polar surface area (TPSA) is 95.3 Å². The van der Waals surface area contributed by atoms with Crippen LogP contribution in [0.1, 0.15) is 71.7 Å². The number of nitrogens with one attached hydrogen (secondary N) is 1. The van der Waals surface area contributed by atoms with E-state index in [1.807, 2.05) is 77.9 Å². The van der Waals surface area contributed by atoms with Gasteiger partial charge in [0.05, 0.1) is 24.9 Å². The van der Waals surface area contributed by atoms with Crippen LogP contribution >= 0.6 is 0 Å². The van der Waals surface area contributed by atoms with Gasteiger partial charge in [-0.1, -0.05) is 58.0 Å². The summed E-state index contributed by atoms with van der Waals surface area (Å²) >= 11 is 0. The van der Waals surface area contributed by atoms with Crippen molar-refractivity contribution in [2.24, 2.45) is 11.3 Å². The first-order chi connectivity index (χ1) is 18.6. The van der Waals surface area contributed by atoms with Crippen molar-refractivity contribution in [3.63, 3.8) is 0 Å². The smallest absolute Gasteiger partial charge is 0.328 e. The van der Waals surface area contributed by atoms with Crippen LogP contribution in [-0.4, -0.2) is 45.2 Å². The first-order valence-electron chi connectivity index (χ1n) is 14.0. The molecule has 0 aliphatic carbocycles. The normalized spacial score (nSPS) is 13.4. The van der Waals surface area contributed by atoms with Crippen molar-refractivity contribution in [2.45, 2.75) is 92.5 Å². The van der Waals surface area contributed by atoms with E-state index in [0.29, 0.717) is 32.5 Å². The lowest BCUT2D eigenvalue weighted by molar-refractivity contribution is -0.154. The molecule has 3 rings (SSSR count). The van der Waals surface area contributed by atoms with Gasteiger partial charge < -0.3 is 19.4 Å². The first-order valence-corrected chi connectivity index (χ1v) is 14.0. The van der Waals surface area contributed by atoms with Gasteiger partial charge in [0.1, 0.15) is 23.5 Å². The summed E-state index contributed by atoms with van der Waals surface area (Å²) in [5.41, 5.74) is 2.39. The summed E-state index contributed by atoms with van der Waals surface area (Å²) in [6, 6.07) is 11.2. The summed E-state index contributed by atoms with van der Waals surface area (Å²) in [7, 11) is 0. The molecule has 1 unspecified atom stereocenters. The molecular formula is C31H44N4O4.